The molecular weight excluding hydrogens is 236 g/mol. The third-order valence-electron chi connectivity index (χ3n) is 2.72. The van der Waals surface area contributed by atoms with Crippen molar-refractivity contribution in [2.24, 2.45) is 0 Å². The highest BCUT2D eigenvalue weighted by atomic mass is 32.2. The molecule has 0 bridgehead atoms. The van der Waals surface area contributed by atoms with Gasteiger partial charge in [0, 0.05) is 17.1 Å². The average Bonchev–Trinajstić information content (AvgIpc) is 2.24. The number of β-amino-alcohol motifs (C(OH)–C–C–N with tert-alkyl or cyclic N) is 1. The van der Waals surface area contributed by atoms with Crippen LogP contribution >= 0.6 is 11.8 Å². The van der Waals surface area contributed by atoms with E-state index in [9.17, 15) is 4.79 Å². The summed E-state index contributed by atoms with van der Waals surface area (Å²) in [5.74, 6) is 0.0221. The molecule has 0 saturated heterocycles. The molecule has 0 aliphatic carbocycles. The molecule has 0 atom stereocenters. The summed E-state index contributed by atoms with van der Waals surface area (Å²) in [5, 5.41) is 9.06. The number of nitrogens with zero attached hydrogens (tertiary/aromatic N) is 1. The second kappa shape index (κ2) is 4.23. The summed E-state index contributed by atoms with van der Waals surface area (Å²) in [5.41, 5.74) is 7.28. The van der Waals surface area contributed by atoms with Crippen LogP contribution in [0, 0.1) is 0 Å². The molecule has 0 unspecified atom stereocenters. The van der Waals surface area contributed by atoms with Gasteiger partial charge in [0.15, 0.2) is 0 Å². The van der Waals surface area contributed by atoms with Gasteiger partial charge in [0.2, 0.25) is 5.91 Å². The predicted octanol–water partition coefficient (Wildman–Crippen LogP) is 1.48. The van der Waals surface area contributed by atoms with Gasteiger partial charge in [-0.2, -0.15) is 0 Å². The first-order valence-corrected chi connectivity index (χ1v) is 6.29. The van der Waals surface area contributed by atoms with Gasteiger partial charge in [-0.05, 0) is 32.0 Å². The van der Waals surface area contributed by atoms with Crippen molar-refractivity contribution in [2.45, 2.75) is 23.5 Å². The maximum absolute atomic E-state index is 12.2. The van der Waals surface area contributed by atoms with Crippen molar-refractivity contribution in [2.75, 3.05) is 23.8 Å². The summed E-state index contributed by atoms with van der Waals surface area (Å²) >= 11 is 1.51. The fraction of sp³-hybridized carbons (Fsp3) is 0.417. The molecule has 3 N–H and O–H groups in total. The molecular formula is C12H16N2O2S. The molecule has 0 fully saturated rings. The van der Waals surface area contributed by atoms with Crippen LogP contribution in [0.25, 0.3) is 0 Å². The molecule has 1 heterocycles. The number of amides is 1. The lowest BCUT2D eigenvalue weighted by molar-refractivity contribution is -0.120. The molecule has 17 heavy (non-hydrogen) atoms. The molecule has 1 aromatic carbocycles. The van der Waals surface area contributed by atoms with Gasteiger partial charge in [0.05, 0.1) is 17.0 Å². The van der Waals surface area contributed by atoms with Crippen molar-refractivity contribution in [1.82, 2.24) is 0 Å². The minimum atomic E-state index is -0.518. The fourth-order valence-corrected chi connectivity index (χ4v) is 3.14. The lowest BCUT2D eigenvalue weighted by atomic mass is 10.1. The van der Waals surface area contributed by atoms with Crippen molar-refractivity contribution in [3.63, 3.8) is 0 Å². The van der Waals surface area contributed by atoms with E-state index in [0.717, 1.165) is 10.6 Å². The molecule has 0 radical (unpaired) electrons. The quantitative estimate of drug-likeness (QED) is 0.782. The molecule has 0 spiro atoms. The molecule has 92 valence electrons. The highest BCUT2D eigenvalue weighted by molar-refractivity contribution is 8.01. The monoisotopic (exact) mass is 252 g/mol. The van der Waals surface area contributed by atoms with Crippen molar-refractivity contribution in [1.29, 1.82) is 0 Å². The molecule has 4 nitrogen and oxygen atoms in total. The van der Waals surface area contributed by atoms with E-state index in [0.29, 0.717) is 12.2 Å². The molecule has 1 aliphatic rings. The summed E-state index contributed by atoms with van der Waals surface area (Å²) in [6.07, 6.45) is 0. The number of rotatable bonds is 2. The third-order valence-corrected chi connectivity index (χ3v) is 3.96. The zero-order chi connectivity index (χ0) is 12.6. The number of benzene rings is 1. The number of aliphatic hydroxyl groups is 1. The van der Waals surface area contributed by atoms with E-state index in [1.165, 1.54) is 11.8 Å². The SMILES string of the molecule is CC1(C)Sc2cc(N)ccc2N(CCO)C1=O. The third kappa shape index (κ3) is 2.12. The van der Waals surface area contributed by atoms with Crippen molar-refractivity contribution >= 4 is 29.0 Å². The summed E-state index contributed by atoms with van der Waals surface area (Å²) < 4.78 is -0.518. The Kier molecular flexibility index (Phi) is 3.05. The van der Waals surface area contributed by atoms with Crippen LogP contribution in [0.5, 0.6) is 0 Å². The summed E-state index contributed by atoms with van der Waals surface area (Å²) in [7, 11) is 0. The topological polar surface area (TPSA) is 66.6 Å². The van der Waals surface area contributed by atoms with E-state index in [4.69, 9.17) is 10.8 Å². The number of nitrogen functional groups attached to an aromatic ring is 1. The Morgan fingerprint density at radius 3 is 2.82 bits per heavy atom. The first-order valence-electron chi connectivity index (χ1n) is 5.47. The summed E-state index contributed by atoms with van der Waals surface area (Å²) in [6.45, 7) is 4.04. The number of aliphatic hydroxyl groups excluding tert-OH is 1. The van der Waals surface area contributed by atoms with Gasteiger partial charge in [-0.3, -0.25) is 4.79 Å². The number of carbonyl (C=O) groups excluding carboxylic acids is 1. The summed E-state index contributed by atoms with van der Waals surface area (Å²) in [4.78, 5) is 14.9. The normalized spacial score (nSPS) is 18.1. The fourth-order valence-electron chi connectivity index (χ4n) is 1.91. The molecule has 5 heteroatoms. The van der Waals surface area contributed by atoms with Crippen LogP contribution in [0.3, 0.4) is 0 Å². The zero-order valence-corrected chi connectivity index (χ0v) is 10.8. The van der Waals surface area contributed by atoms with Gasteiger partial charge < -0.3 is 15.7 Å². The van der Waals surface area contributed by atoms with E-state index in [1.54, 1.807) is 11.0 Å². The number of hydrogen-bond acceptors (Lipinski definition) is 4. The first-order chi connectivity index (χ1) is 7.95. The van der Waals surface area contributed by atoms with Gasteiger partial charge in [0.1, 0.15) is 0 Å². The van der Waals surface area contributed by atoms with Crippen molar-refractivity contribution < 1.29 is 9.90 Å². The van der Waals surface area contributed by atoms with Crippen LogP contribution in [0.15, 0.2) is 23.1 Å². The van der Waals surface area contributed by atoms with Gasteiger partial charge in [-0.1, -0.05) is 0 Å². The molecule has 1 aromatic rings. The van der Waals surface area contributed by atoms with Gasteiger partial charge in [0.25, 0.3) is 0 Å². The minimum absolute atomic E-state index is 0.0221. The Labute approximate surface area is 105 Å². The standard InChI is InChI=1S/C12H16N2O2S/c1-12(2)11(16)14(5-6-15)9-4-3-8(13)7-10(9)17-12/h3-4,7,15H,5-6,13H2,1-2H3. The zero-order valence-electron chi connectivity index (χ0n) is 9.93. The van der Waals surface area contributed by atoms with E-state index in [2.05, 4.69) is 0 Å². The summed E-state index contributed by atoms with van der Waals surface area (Å²) in [6, 6.07) is 5.48. The second-order valence-corrected chi connectivity index (χ2v) is 6.18. The van der Waals surface area contributed by atoms with Crippen molar-refractivity contribution in [3.8, 4) is 0 Å². The number of carbonyl (C=O) groups is 1. The van der Waals surface area contributed by atoms with Gasteiger partial charge in [-0.15, -0.1) is 11.8 Å². The second-order valence-electron chi connectivity index (χ2n) is 4.52. The smallest absolute Gasteiger partial charge is 0.243 e. The molecule has 0 aromatic heterocycles. The number of thioether (sulfide) groups is 1. The number of anilines is 2. The molecule has 0 saturated carbocycles. The Morgan fingerprint density at radius 1 is 1.47 bits per heavy atom. The van der Waals surface area contributed by atoms with Crippen LogP contribution in [-0.4, -0.2) is 28.9 Å². The first kappa shape index (κ1) is 12.3. The maximum atomic E-state index is 12.2. The van der Waals surface area contributed by atoms with E-state index in [-0.39, 0.29) is 12.5 Å². The van der Waals surface area contributed by atoms with E-state index >= 15 is 0 Å². The lowest BCUT2D eigenvalue weighted by Crippen LogP contribution is -2.47. The Hall–Kier alpha value is -1.20. The average molecular weight is 252 g/mol. The molecule has 2 rings (SSSR count). The van der Waals surface area contributed by atoms with Crippen LogP contribution in [0.2, 0.25) is 0 Å². The van der Waals surface area contributed by atoms with Crippen LogP contribution < -0.4 is 10.6 Å². The number of fused-ring (bicyclic) bond motifs is 1. The Balaban J connectivity index is 2.50. The van der Waals surface area contributed by atoms with Gasteiger partial charge in [-0.25, -0.2) is 0 Å². The highest BCUT2D eigenvalue weighted by Crippen LogP contribution is 2.45. The van der Waals surface area contributed by atoms with Crippen molar-refractivity contribution in [3.05, 3.63) is 18.2 Å². The highest BCUT2D eigenvalue weighted by Gasteiger charge is 2.39. The maximum Gasteiger partial charge on any atom is 0.243 e. The molecule has 1 amide bonds. The Morgan fingerprint density at radius 2 is 2.18 bits per heavy atom. The number of hydrogen-bond donors (Lipinski definition) is 2. The number of nitrogens with two attached hydrogens (primary N) is 1. The van der Waals surface area contributed by atoms with Gasteiger partial charge >= 0.3 is 0 Å². The van der Waals surface area contributed by atoms with Crippen LogP contribution in [0.4, 0.5) is 11.4 Å². The molecule has 1 aliphatic heterocycles. The van der Waals surface area contributed by atoms with E-state index < -0.39 is 4.75 Å². The Bertz CT molecular complexity index is 460. The van der Waals surface area contributed by atoms with E-state index in [1.807, 2.05) is 26.0 Å². The minimum Gasteiger partial charge on any atom is -0.399 e. The van der Waals surface area contributed by atoms with Crippen LogP contribution in [0.1, 0.15) is 13.8 Å². The lowest BCUT2D eigenvalue weighted by Gasteiger charge is -2.37. The predicted molar refractivity (Wildman–Crippen MR) is 70.2 cm³/mol. The van der Waals surface area contributed by atoms with Crippen LogP contribution in [-0.2, 0) is 4.79 Å². The largest absolute Gasteiger partial charge is 0.399 e.